The average Bonchev–Trinajstić information content (AvgIpc) is 2.83. The minimum atomic E-state index is -0.369. The van der Waals surface area contributed by atoms with Crippen molar-refractivity contribution >= 4 is 22.6 Å². The quantitative estimate of drug-likeness (QED) is 0.362. The molecule has 0 unspecified atom stereocenters. The van der Waals surface area contributed by atoms with Gasteiger partial charge in [0.05, 0.1) is 24.2 Å². The van der Waals surface area contributed by atoms with Gasteiger partial charge in [0.1, 0.15) is 16.8 Å². The summed E-state index contributed by atoms with van der Waals surface area (Å²) in [5.41, 5.74) is 0.829. The van der Waals surface area contributed by atoms with Crippen LogP contribution < -0.4 is 16.4 Å². The van der Waals surface area contributed by atoms with Gasteiger partial charge in [-0.15, -0.1) is 0 Å². The lowest BCUT2D eigenvalue weighted by atomic mass is 10.2. The molecule has 3 aromatic heterocycles. The smallest absolute Gasteiger partial charge is 0.267 e. The molecule has 1 amide bonds. The van der Waals surface area contributed by atoms with Crippen molar-refractivity contribution in [2.24, 2.45) is 0 Å². The minimum Gasteiger partial charge on any atom is -0.382 e. The van der Waals surface area contributed by atoms with E-state index in [9.17, 15) is 9.59 Å². The van der Waals surface area contributed by atoms with Gasteiger partial charge < -0.3 is 19.4 Å². The van der Waals surface area contributed by atoms with Crippen molar-refractivity contribution in [1.29, 1.82) is 5.41 Å². The Morgan fingerprint density at radius 2 is 2.09 bits per heavy atom. The second kappa shape index (κ2) is 10.7. The van der Waals surface area contributed by atoms with E-state index in [4.69, 9.17) is 14.9 Å². The van der Waals surface area contributed by atoms with Crippen molar-refractivity contribution < 1.29 is 14.3 Å². The number of aryl methyl sites for hydroxylation is 1. The molecule has 0 spiro atoms. The molecule has 0 aromatic carbocycles. The van der Waals surface area contributed by atoms with Gasteiger partial charge in [-0.1, -0.05) is 6.07 Å². The Labute approximate surface area is 191 Å². The summed E-state index contributed by atoms with van der Waals surface area (Å²) in [5, 5.41) is 11.9. The summed E-state index contributed by atoms with van der Waals surface area (Å²) in [5.74, 6) is -0.369. The highest BCUT2D eigenvalue weighted by Gasteiger charge is 2.18. The summed E-state index contributed by atoms with van der Waals surface area (Å²) in [6.45, 7) is 7.70. The van der Waals surface area contributed by atoms with E-state index in [0.29, 0.717) is 69.2 Å². The van der Waals surface area contributed by atoms with Gasteiger partial charge in [-0.3, -0.25) is 24.3 Å². The average molecular weight is 455 g/mol. The van der Waals surface area contributed by atoms with E-state index in [-0.39, 0.29) is 22.5 Å². The van der Waals surface area contributed by atoms with Crippen LogP contribution in [-0.2, 0) is 16.0 Å². The second-order valence-electron chi connectivity index (χ2n) is 7.90. The predicted octanol–water partition coefficient (Wildman–Crippen LogP) is 0.617. The van der Waals surface area contributed by atoms with Crippen molar-refractivity contribution in [3.8, 4) is 0 Å². The number of aromatic nitrogens is 3. The van der Waals surface area contributed by atoms with Crippen molar-refractivity contribution in [2.45, 2.75) is 19.9 Å². The van der Waals surface area contributed by atoms with Crippen LogP contribution in [-0.4, -0.2) is 77.4 Å². The van der Waals surface area contributed by atoms with Gasteiger partial charge in [-0.2, -0.15) is 0 Å². The Kier molecular flexibility index (Phi) is 7.48. The summed E-state index contributed by atoms with van der Waals surface area (Å²) < 4.78 is 13.9. The monoisotopic (exact) mass is 454 g/mol. The Morgan fingerprint density at radius 3 is 2.88 bits per heavy atom. The molecule has 1 saturated heterocycles. The molecule has 1 aliphatic rings. The van der Waals surface area contributed by atoms with Crippen LogP contribution in [0.3, 0.4) is 0 Å². The normalized spacial score (nSPS) is 14.7. The van der Waals surface area contributed by atoms with E-state index in [0.717, 1.165) is 13.1 Å². The lowest BCUT2D eigenvalue weighted by molar-refractivity contribution is 0.0383. The van der Waals surface area contributed by atoms with Crippen LogP contribution in [0.25, 0.3) is 16.7 Å². The number of rotatable bonds is 9. The van der Waals surface area contributed by atoms with Crippen LogP contribution in [0.1, 0.15) is 23.7 Å². The Hall–Kier alpha value is -3.08. The third kappa shape index (κ3) is 5.13. The molecule has 0 atom stereocenters. The minimum absolute atomic E-state index is 0.0371. The van der Waals surface area contributed by atoms with Crippen molar-refractivity contribution in [2.75, 3.05) is 52.6 Å². The molecular weight excluding hydrogens is 424 g/mol. The highest BCUT2D eigenvalue weighted by molar-refractivity contribution is 5.96. The molecule has 0 bridgehead atoms. The number of ether oxygens (including phenoxy) is 2. The lowest BCUT2D eigenvalue weighted by Gasteiger charge is -2.26. The Bertz CT molecular complexity index is 1250. The number of pyridine rings is 2. The number of hydrogen-bond acceptors (Lipinski definition) is 7. The van der Waals surface area contributed by atoms with Gasteiger partial charge in [-0.05, 0) is 31.5 Å². The molecule has 1 fully saturated rings. The molecule has 2 N–H and O–H groups in total. The first-order valence-corrected chi connectivity index (χ1v) is 11.4. The topological polar surface area (TPSA) is 114 Å². The first-order chi connectivity index (χ1) is 16.1. The Balaban J connectivity index is 1.67. The molecule has 33 heavy (non-hydrogen) atoms. The summed E-state index contributed by atoms with van der Waals surface area (Å²) in [6, 6.07) is 6.82. The van der Waals surface area contributed by atoms with Gasteiger partial charge in [-0.25, -0.2) is 4.98 Å². The molecule has 0 saturated carbocycles. The largest absolute Gasteiger partial charge is 0.382 e. The molecule has 3 aromatic rings. The van der Waals surface area contributed by atoms with Gasteiger partial charge in [0.15, 0.2) is 0 Å². The fraction of sp³-hybridized carbons (Fsp3) is 0.478. The third-order valence-electron chi connectivity index (χ3n) is 5.75. The number of fused-ring (bicyclic) bond motifs is 2. The van der Waals surface area contributed by atoms with Gasteiger partial charge >= 0.3 is 0 Å². The number of hydrogen-bond donors (Lipinski definition) is 2. The highest BCUT2D eigenvalue weighted by Crippen LogP contribution is 2.11. The number of carbonyl (C=O) groups excluding carboxylic acids is 1. The van der Waals surface area contributed by atoms with E-state index in [1.54, 1.807) is 22.9 Å². The maximum Gasteiger partial charge on any atom is 0.267 e. The highest BCUT2D eigenvalue weighted by atomic mass is 16.5. The number of nitrogens with one attached hydrogen (secondary N) is 2. The Morgan fingerprint density at radius 1 is 1.27 bits per heavy atom. The van der Waals surface area contributed by atoms with Crippen LogP contribution in [0.2, 0.25) is 0 Å². The maximum absolute atomic E-state index is 13.2. The van der Waals surface area contributed by atoms with Crippen LogP contribution >= 0.6 is 0 Å². The number of amides is 1. The van der Waals surface area contributed by atoms with E-state index < -0.39 is 0 Å². The SMILES string of the molecule is CCOCCCn1c(=N)c(C(=O)NCCN2CCOCC2)cc2c(=O)n3ccccc3nc21. The zero-order chi connectivity index (χ0) is 23.2. The number of morpholine rings is 1. The van der Waals surface area contributed by atoms with Crippen molar-refractivity contribution in [3.63, 3.8) is 0 Å². The lowest BCUT2D eigenvalue weighted by Crippen LogP contribution is -2.42. The van der Waals surface area contributed by atoms with Crippen molar-refractivity contribution in [1.82, 2.24) is 24.2 Å². The van der Waals surface area contributed by atoms with E-state index >= 15 is 0 Å². The molecule has 4 heterocycles. The summed E-state index contributed by atoms with van der Waals surface area (Å²) >= 11 is 0. The fourth-order valence-electron chi connectivity index (χ4n) is 3.99. The first-order valence-electron chi connectivity index (χ1n) is 11.4. The summed E-state index contributed by atoms with van der Waals surface area (Å²) in [7, 11) is 0. The summed E-state index contributed by atoms with van der Waals surface area (Å²) in [6.07, 6.45) is 2.29. The summed E-state index contributed by atoms with van der Waals surface area (Å²) in [4.78, 5) is 33.1. The molecule has 4 rings (SSSR count). The standard InChI is InChI=1S/C23H30N6O4/c1-2-32-13-5-9-29-20(24)17(22(30)25-7-10-27-11-14-33-15-12-27)16-18-21(29)26-19-6-3-4-8-28(19)23(18)31/h3-4,6,8,16,24H,2,5,7,9-15H2,1H3,(H,25,30). The molecule has 0 radical (unpaired) electrons. The van der Waals surface area contributed by atoms with E-state index in [2.05, 4.69) is 15.2 Å². The van der Waals surface area contributed by atoms with Gasteiger partial charge in [0.2, 0.25) is 0 Å². The molecule has 176 valence electrons. The molecule has 10 heteroatoms. The molecule has 10 nitrogen and oxygen atoms in total. The molecular formula is C23H30N6O4. The number of nitrogens with zero attached hydrogens (tertiary/aromatic N) is 4. The van der Waals surface area contributed by atoms with Gasteiger partial charge in [0.25, 0.3) is 11.5 Å². The zero-order valence-corrected chi connectivity index (χ0v) is 18.9. The van der Waals surface area contributed by atoms with Crippen LogP contribution in [0.5, 0.6) is 0 Å². The third-order valence-corrected chi connectivity index (χ3v) is 5.75. The number of carbonyl (C=O) groups is 1. The molecule has 1 aliphatic heterocycles. The first kappa shape index (κ1) is 23.1. The zero-order valence-electron chi connectivity index (χ0n) is 18.9. The fourth-order valence-corrected chi connectivity index (χ4v) is 3.99. The van der Waals surface area contributed by atoms with Crippen LogP contribution in [0.15, 0.2) is 35.3 Å². The second-order valence-corrected chi connectivity index (χ2v) is 7.90. The predicted molar refractivity (Wildman–Crippen MR) is 124 cm³/mol. The van der Waals surface area contributed by atoms with E-state index in [1.807, 2.05) is 13.0 Å². The van der Waals surface area contributed by atoms with Crippen LogP contribution in [0, 0.1) is 5.41 Å². The maximum atomic E-state index is 13.2. The van der Waals surface area contributed by atoms with Gasteiger partial charge in [0, 0.05) is 52.1 Å². The molecule has 0 aliphatic carbocycles. The van der Waals surface area contributed by atoms with Crippen molar-refractivity contribution in [3.05, 3.63) is 51.9 Å². The van der Waals surface area contributed by atoms with Crippen LogP contribution in [0.4, 0.5) is 0 Å². The van der Waals surface area contributed by atoms with E-state index in [1.165, 1.54) is 10.5 Å².